The molecule has 0 aliphatic carbocycles. The first-order valence-electron chi connectivity index (χ1n) is 7.67. The first-order valence-corrected chi connectivity index (χ1v) is 9.28. The predicted molar refractivity (Wildman–Crippen MR) is 93.6 cm³/mol. The maximum Gasteiger partial charge on any atom is 0.266 e. The molecule has 26 heavy (non-hydrogen) atoms. The molecule has 2 aromatic carbocycles. The van der Waals surface area contributed by atoms with Gasteiger partial charge in [-0.05, 0) is 24.6 Å². The third-order valence-corrected chi connectivity index (χ3v) is 4.26. The number of amides is 1. The summed E-state index contributed by atoms with van der Waals surface area (Å²) in [4.78, 5) is 11.8. The largest absolute Gasteiger partial charge is 0.376 e. The van der Waals surface area contributed by atoms with Crippen LogP contribution in [0, 0.1) is 18.6 Å². The van der Waals surface area contributed by atoms with Crippen molar-refractivity contribution in [3.63, 3.8) is 0 Å². The van der Waals surface area contributed by atoms with Crippen LogP contribution in [0.5, 0.6) is 0 Å². The summed E-state index contributed by atoms with van der Waals surface area (Å²) in [6.07, 6.45) is 0. The van der Waals surface area contributed by atoms with Crippen molar-refractivity contribution >= 4 is 21.7 Å². The summed E-state index contributed by atoms with van der Waals surface area (Å²) in [6, 6.07) is 9.12. The van der Waals surface area contributed by atoms with Crippen molar-refractivity contribution in [3.05, 3.63) is 64.7 Å². The van der Waals surface area contributed by atoms with Gasteiger partial charge in [0.25, 0.3) is 16.0 Å². The summed E-state index contributed by atoms with van der Waals surface area (Å²) < 4.78 is 58.0. The minimum atomic E-state index is -4.23. The van der Waals surface area contributed by atoms with E-state index < -0.39 is 33.4 Å². The Morgan fingerprint density at radius 2 is 1.69 bits per heavy atom. The Bertz CT molecular complexity index is 876. The fourth-order valence-electron chi connectivity index (χ4n) is 2.17. The van der Waals surface area contributed by atoms with Crippen LogP contribution in [0.4, 0.5) is 14.5 Å². The van der Waals surface area contributed by atoms with Crippen molar-refractivity contribution in [2.24, 2.45) is 0 Å². The minimum absolute atomic E-state index is 0.202. The van der Waals surface area contributed by atoms with E-state index in [1.54, 1.807) is 0 Å². The van der Waals surface area contributed by atoms with Crippen LogP contribution in [0.15, 0.2) is 36.4 Å². The molecular formula is C17H18F2N2O4S. The van der Waals surface area contributed by atoms with Crippen LogP contribution in [-0.4, -0.2) is 31.2 Å². The van der Waals surface area contributed by atoms with Crippen molar-refractivity contribution in [1.29, 1.82) is 0 Å². The van der Waals surface area contributed by atoms with Gasteiger partial charge in [-0.3, -0.25) is 9.35 Å². The molecule has 0 spiro atoms. The summed E-state index contributed by atoms with van der Waals surface area (Å²) in [5, 5.41) is 4.81. The number of aryl methyl sites for hydroxylation is 1. The Labute approximate surface area is 150 Å². The van der Waals surface area contributed by atoms with Gasteiger partial charge in [0.1, 0.15) is 17.3 Å². The van der Waals surface area contributed by atoms with Crippen LogP contribution in [0.1, 0.15) is 21.5 Å². The fourth-order valence-corrected chi connectivity index (χ4v) is 2.53. The van der Waals surface area contributed by atoms with E-state index in [4.69, 9.17) is 4.55 Å². The Kier molecular flexibility index (Phi) is 6.27. The van der Waals surface area contributed by atoms with E-state index in [2.05, 4.69) is 10.6 Å². The van der Waals surface area contributed by atoms with Crippen LogP contribution < -0.4 is 10.6 Å². The lowest BCUT2D eigenvalue weighted by molar-refractivity contribution is 0.0955. The number of nitrogens with one attached hydrogen (secondary N) is 2. The molecule has 2 rings (SSSR count). The van der Waals surface area contributed by atoms with Gasteiger partial charge in [-0.15, -0.1) is 0 Å². The van der Waals surface area contributed by atoms with Gasteiger partial charge in [0.05, 0.1) is 5.75 Å². The van der Waals surface area contributed by atoms with Gasteiger partial charge in [-0.25, -0.2) is 8.78 Å². The first-order chi connectivity index (χ1) is 12.2. The molecule has 3 N–H and O–H groups in total. The summed E-state index contributed by atoms with van der Waals surface area (Å²) in [6.45, 7) is 1.75. The fraction of sp³-hybridized carbons (Fsp3) is 0.235. The summed E-state index contributed by atoms with van der Waals surface area (Å²) >= 11 is 0. The molecule has 0 unspecified atom stereocenters. The highest BCUT2D eigenvalue weighted by Gasteiger charge is 2.15. The van der Waals surface area contributed by atoms with Crippen molar-refractivity contribution in [3.8, 4) is 0 Å². The van der Waals surface area contributed by atoms with Gasteiger partial charge in [0.2, 0.25) is 0 Å². The second-order valence-corrected chi connectivity index (χ2v) is 7.27. The standard InChI is InChI=1S/C17H18F2N2O4S/c1-11-2-4-12(5-3-11)10-21-16-14(18)8-13(9-15(16)19)17(22)20-6-7-26(23,24)25/h2-5,8-9,21H,6-7,10H2,1H3,(H,20,22)(H,23,24,25). The highest BCUT2D eigenvalue weighted by atomic mass is 32.2. The number of rotatable bonds is 7. The Morgan fingerprint density at radius 3 is 2.23 bits per heavy atom. The lowest BCUT2D eigenvalue weighted by atomic mass is 10.1. The maximum absolute atomic E-state index is 14.1. The number of halogens is 2. The molecule has 0 bridgehead atoms. The zero-order chi connectivity index (χ0) is 19.3. The van der Waals surface area contributed by atoms with E-state index in [-0.39, 0.29) is 24.3 Å². The highest BCUT2D eigenvalue weighted by Crippen LogP contribution is 2.21. The second-order valence-electron chi connectivity index (χ2n) is 5.70. The number of benzene rings is 2. The van der Waals surface area contributed by atoms with Crippen molar-refractivity contribution in [2.75, 3.05) is 17.6 Å². The van der Waals surface area contributed by atoms with Gasteiger partial charge < -0.3 is 10.6 Å². The molecule has 1 amide bonds. The smallest absolute Gasteiger partial charge is 0.266 e. The zero-order valence-electron chi connectivity index (χ0n) is 13.9. The number of hydrogen-bond donors (Lipinski definition) is 3. The molecule has 0 saturated heterocycles. The average molecular weight is 384 g/mol. The summed E-state index contributed by atoms with van der Waals surface area (Å²) in [7, 11) is -4.23. The van der Waals surface area contributed by atoms with E-state index in [1.807, 2.05) is 31.2 Å². The Hall–Kier alpha value is -2.52. The van der Waals surface area contributed by atoms with E-state index in [0.29, 0.717) is 0 Å². The average Bonchev–Trinajstić information content (AvgIpc) is 2.54. The molecule has 0 aromatic heterocycles. The molecule has 0 fully saturated rings. The quantitative estimate of drug-likeness (QED) is 0.638. The molecule has 9 heteroatoms. The Morgan fingerprint density at radius 1 is 1.12 bits per heavy atom. The van der Waals surface area contributed by atoms with Crippen LogP contribution in [0.25, 0.3) is 0 Å². The van der Waals surface area contributed by atoms with E-state index in [9.17, 15) is 22.0 Å². The second kappa shape index (κ2) is 8.24. The molecule has 140 valence electrons. The number of carbonyl (C=O) groups is 1. The molecule has 0 saturated carbocycles. The lowest BCUT2D eigenvalue weighted by Gasteiger charge is -2.11. The molecule has 6 nitrogen and oxygen atoms in total. The molecule has 0 aliphatic rings. The van der Waals surface area contributed by atoms with Gasteiger partial charge >= 0.3 is 0 Å². The Balaban J connectivity index is 2.04. The maximum atomic E-state index is 14.1. The molecular weight excluding hydrogens is 366 g/mol. The minimum Gasteiger partial charge on any atom is -0.376 e. The molecule has 0 atom stereocenters. The third-order valence-electron chi connectivity index (χ3n) is 3.54. The van der Waals surface area contributed by atoms with Crippen molar-refractivity contribution < 1.29 is 26.5 Å². The van der Waals surface area contributed by atoms with Crippen LogP contribution >= 0.6 is 0 Å². The summed E-state index contributed by atoms with van der Waals surface area (Å²) in [5.41, 5.74) is 1.24. The van der Waals surface area contributed by atoms with Crippen LogP contribution in [0.2, 0.25) is 0 Å². The van der Waals surface area contributed by atoms with Crippen molar-refractivity contribution in [1.82, 2.24) is 5.32 Å². The first kappa shape index (κ1) is 19.8. The zero-order valence-corrected chi connectivity index (χ0v) is 14.7. The van der Waals surface area contributed by atoms with Gasteiger partial charge in [0, 0.05) is 18.7 Å². The number of anilines is 1. The molecule has 0 heterocycles. The normalized spacial score (nSPS) is 11.2. The predicted octanol–water partition coefficient (Wildman–Crippen LogP) is 2.50. The summed E-state index contributed by atoms with van der Waals surface area (Å²) in [5.74, 6) is -3.44. The molecule has 0 aliphatic heterocycles. The lowest BCUT2D eigenvalue weighted by Crippen LogP contribution is -2.29. The monoisotopic (exact) mass is 384 g/mol. The van der Waals surface area contributed by atoms with E-state index >= 15 is 0 Å². The van der Waals surface area contributed by atoms with E-state index in [1.165, 1.54) is 0 Å². The SMILES string of the molecule is Cc1ccc(CNc2c(F)cc(C(=O)NCCS(=O)(=O)O)cc2F)cc1. The molecule has 0 radical (unpaired) electrons. The highest BCUT2D eigenvalue weighted by molar-refractivity contribution is 7.85. The number of carbonyl (C=O) groups excluding carboxylic acids is 1. The van der Waals surface area contributed by atoms with E-state index in [0.717, 1.165) is 23.3 Å². The van der Waals surface area contributed by atoms with Crippen LogP contribution in [-0.2, 0) is 16.7 Å². The van der Waals surface area contributed by atoms with Gasteiger partial charge in [0.15, 0.2) is 0 Å². The van der Waals surface area contributed by atoms with Crippen molar-refractivity contribution in [2.45, 2.75) is 13.5 Å². The van der Waals surface area contributed by atoms with Gasteiger partial charge in [-0.2, -0.15) is 8.42 Å². The topological polar surface area (TPSA) is 95.5 Å². The van der Waals surface area contributed by atoms with Gasteiger partial charge in [-0.1, -0.05) is 29.8 Å². The molecule has 2 aromatic rings. The third kappa shape index (κ3) is 5.78. The van der Waals surface area contributed by atoms with Crippen LogP contribution in [0.3, 0.4) is 0 Å². The number of hydrogen-bond acceptors (Lipinski definition) is 4.